The van der Waals surface area contributed by atoms with Crippen molar-refractivity contribution in [3.05, 3.63) is 72.6 Å². The van der Waals surface area contributed by atoms with Crippen LogP contribution in [-0.4, -0.2) is 65.4 Å². The number of piperazine rings is 1. The number of nitrogens with zero attached hydrogens (tertiary/aromatic N) is 4. The minimum absolute atomic E-state index is 0. The fourth-order valence-corrected chi connectivity index (χ4v) is 6.19. The number of ether oxygens (including phenoxy) is 1. The number of pyridine rings is 1. The van der Waals surface area contributed by atoms with Crippen molar-refractivity contribution < 1.29 is 4.74 Å². The van der Waals surface area contributed by atoms with Crippen LogP contribution in [-0.2, 0) is 5.75 Å². The third-order valence-electron chi connectivity index (χ3n) is 6.23. The van der Waals surface area contributed by atoms with E-state index in [-0.39, 0.29) is 37.2 Å². The maximum absolute atomic E-state index is 5.78. The Hall–Kier alpha value is -1.81. The number of methoxy groups -OCH3 is 1. The first-order chi connectivity index (χ1) is 17.3. The van der Waals surface area contributed by atoms with Crippen molar-refractivity contribution in [3.63, 3.8) is 0 Å². The Balaban J connectivity index is 0.00000169. The van der Waals surface area contributed by atoms with Crippen LogP contribution in [0.2, 0.25) is 0 Å². The van der Waals surface area contributed by atoms with Gasteiger partial charge in [0.1, 0.15) is 0 Å². The molecule has 3 heterocycles. The van der Waals surface area contributed by atoms with Gasteiger partial charge in [0, 0.05) is 43.8 Å². The molecule has 1 aliphatic heterocycles. The van der Waals surface area contributed by atoms with Crippen LogP contribution in [0.3, 0.4) is 0 Å². The standard InChI is InChI=1S/C27H31N5OS2.3ClH/c1-33-26-24(20-35-27-29-22-10-5-6-11-23(22)30-27)28-13-12-25(26)34-19-7-14-31-15-17-32(18-16-31)21-8-3-2-4-9-21;;;/h2-6,8-13H,7,14-20H2,1H3,(H,29,30);3*1H. The normalized spacial score (nSPS) is 13.3. The summed E-state index contributed by atoms with van der Waals surface area (Å²) in [5, 5.41) is 0.903. The van der Waals surface area contributed by atoms with Crippen LogP contribution in [0.5, 0.6) is 5.75 Å². The van der Waals surface area contributed by atoms with E-state index in [1.807, 2.05) is 42.2 Å². The van der Waals surface area contributed by atoms with E-state index < -0.39 is 0 Å². The second-order valence-electron chi connectivity index (χ2n) is 8.50. The molecule has 0 spiro atoms. The average Bonchev–Trinajstić information content (AvgIpc) is 3.34. The number of H-pyrrole nitrogens is 1. The molecule has 38 heavy (non-hydrogen) atoms. The predicted octanol–water partition coefficient (Wildman–Crippen LogP) is 6.83. The Morgan fingerprint density at radius 3 is 2.37 bits per heavy atom. The Bertz CT molecular complexity index is 1210. The van der Waals surface area contributed by atoms with Gasteiger partial charge in [0.25, 0.3) is 0 Å². The lowest BCUT2D eigenvalue weighted by atomic mass is 10.2. The molecule has 2 aromatic heterocycles. The van der Waals surface area contributed by atoms with Crippen LogP contribution in [0, 0.1) is 0 Å². The number of nitrogens with one attached hydrogen (secondary N) is 1. The quantitative estimate of drug-likeness (QED) is 0.155. The predicted molar refractivity (Wildman–Crippen MR) is 169 cm³/mol. The highest BCUT2D eigenvalue weighted by Gasteiger charge is 2.17. The molecule has 0 bridgehead atoms. The van der Waals surface area contributed by atoms with Crippen molar-refractivity contribution in [3.8, 4) is 5.75 Å². The summed E-state index contributed by atoms with van der Waals surface area (Å²) in [6.07, 6.45) is 3.05. The Labute approximate surface area is 251 Å². The van der Waals surface area contributed by atoms with Crippen molar-refractivity contribution >= 4 is 77.5 Å². The molecule has 0 aliphatic carbocycles. The number of aromatic amines is 1. The van der Waals surface area contributed by atoms with E-state index in [0.717, 1.165) is 77.4 Å². The van der Waals surface area contributed by atoms with E-state index in [1.165, 1.54) is 5.69 Å². The molecule has 0 atom stereocenters. The molecular weight excluding hydrogens is 581 g/mol. The maximum Gasteiger partial charge on any atom is 0.166 e. The summed E-state index contributed by atoms with van der Waals surface area (Å²) < 4.78 is 5.78. The van der Waals surface area contributed by atoms with Gasteiger partial charge in [-0.15, -0.1) is 49.0 Å². The second-order valence-corrected chi connectivity index (χ2v) is 10.6. The van der Waals surface area contributed by atoms with Gasteiger partial charge >= 0.3 is 0 Å². The molecule has 5 rings (SSSR count). The number of thioether (sulfide) groups is 2. The molecule has 0 amide bonds. The van der Waals surface area contributed by atoms with Crippen molar-refractivity contribution in [1.29, 1.82) is 0 Å². The van der Waals surface area contributed by atoms with Gasteiger partial charge < -0.3 is 14.6 Å². The Morgan fingerprint density at radius 2 is 1.63 bits per heavy atom. The molecular formula is C27H34Cl3N5OS2. The highest BCUT2D eigenvalue weighted by atomic mass is 35.5. The topological polar surface area (TPSA) is 57.3 Å². The molecule has 1 N–H and O–H groups in total. The zero-order chi connectivity index (χ0) is 23.9. The number of rotatable bonds is 10. The molecule has 1 aliphatic rings. The molecule has 11 heteroatoms. The van der Waals surface area contributed by atoms with Crippen molar-refractivity contribution in [1.82, 2.24) is 19.9 Å². The lowest BCUT2D eigenvalue weighted by molar-refractivity contribution is 0.259. The van der Waals surface area contributed by atoms with Crippen LogP contribution in [0.4, 0.5) is 5.69 Å². The van der Waals surface area contributed by atoms with E-state index in [0.29, 0.717) is 5.75 Å². The first-order valence-electron chi connectivity index (χ1n) is 12.0. The van der Waals surface area contributed by atoms with Crippen LogP contribution in [0.25, 0.3) is 11.0 Å². The molecule has 1 saturated heterocycles. The summed E-state index contributed by atoms with van der Waals surface area (Å²) in [7, 11) is 1.74. The molecule has 0 radical (unpaired) electrons. The zero-order valence-electron chi connectivity index (χ0n) is 21.2. The van der Waals surface area contributed by atoms with E-state index in [2.05, 4.69) is 61.1 Å². The second kappa shape index (κ2) is 16.3. The van der Waals surface area contributed by atoms with Gasteiger partial charge in [0.05, 0.1) is 28.7 Å². The molecule has 0 unspecified atom stereocenters. The molecule has 1 fully saturated rings. The molecule has 6 nitrogen and oxygen atoms in total. The summed E-state index contributed by atoms with van der Waals surface area (Å²) in [5.41, 5.74) is 4.34. The monoisotopic (exact) mass is 613 g/mol. The summed E-state index contributed by atoms with van der Waals surface area (Å²) >= 11 is 3.52. The number of imidazole rings is 1. The molecule has 206 valence electrons. The third-order valence-corrected chi connectivity index (χ3v) is 8.24. The van der Waals surface area contributed by atoms with Gasteiger partial charge in [-0.2, -0.15) is 0 Å². The third kappa shape index (κ3) is 8.34. The highest BCUT2D eigenvalue weighted by molar-refractivity contribution is 7.99. The minimum Gasteiger partial charge on any atom is -0.494 e. The lowest BCUT2D eigenvalue weighted by Gasteiger charge is -2.36. The zero-order valence-corrected chi connectivity index (χ0v) is 25.3. The number of para-hydroxylation sites is 3. The van der Waals surface area contributed by atoms with Crippen molar-refractivity contribution in [2.24, 2.45) is 0 Å². The van der Waals surface area contributed by atoms with Crippen LogP contribution >= 0.6 is 60.7 Å². The number of halogens is 3. The Kier molecular flexibility index (Phi) is 13.9. The summed E-state index contributed by atoms with van der Waals surface area (Å²) in [5.74, 6) is 2.66. The average molecular weight is 615 g/mol. The van der Waals surface area contributed by atoms with Gasteiger partial charge in [0.2, 0.25) is 0 Å². The number of benzene rings is 2. The van der Waals surface area contributed by atoms with Crippen molar-refractivity contribution in [2.45, 2.75) is 22.2 Å². The molecule has 2 aromatic carbocycles. The van der Waals surface area contributed by atoms with E-state index in [1.54, 1.807) is 18.9 Å². The van der Waals surface area contributed by atoms with Crippen molar-refractivity contribution in [2.75, 3.05) is 50.5 Å². The Morgan fingerprint density at radius 1 is 0.895 bits per heavy atom. The summed E-state index contributed by atoms with van der Waals surface area (Å²) in [4.78, 5) is 18.9. The first kappa shape index (κ1) is 32.4. The highest BCUT2D eigenvalue weighted by Crippen LogP contribution is 2.34. The maximum atomic E-state index is 5.78. The van der Waals surface area contributed by atoms with Gasteiger partial charge in [0.15, 0.2) is 10.9 Å². The number of aromatic nitrogens is 3. The number of hydrogen-bond donors (Lipinski definition) is 1. The number of fused-ring (bicyclic) bond motifs is 1. The fourth-order valence-electron chi connectivity index (χ4n) is 4.38. The fraction of sp³-hybridized carbons (Fsp3) is 0.333. The van der Waals surface area contributed by atoms with Gasteiger partial charge in [-0.25, -0.2) is 4.98 Å². The van der Waals surface area contributed by atoms with Crippen LogP contribution in [0.1, 0.15) is 12.1 Å². The smallest absolute Gasteiger partial charge is 0.166 e. The molecule has 0 saturated carbocycles. The number of anilines is 1. The van der Waals surface area contributed by atoms with Gasteiger partial charge in [-0.3, -0.25) is 9.88 Å². The van der Waals surface area contributed by atoms with Gasteiger partial charge in [-0.1, -0.05) is 42.1 Å². The lowest BCUT2D eigenvalue weighted by Crippen LogP contribution is -2.46. The SMILES string of the molecule is COc1c(SCCCN2CCN(c3ccccc3)CC2)ccnc1CSc1nc2ccccc2[nH]1.Cl.Cl.Cl. The van der Waals surface area contributed by atoms with E-state index in [9.17, 15) is 0 Å². The largest absolute Gasteiger partial charge is 0.494 e. The number of hydrogen-bond acceptors (Lipinski definition) is 7. The van der Waals surface area contributed by atoms with Crippen LogP contribution < -0.4 is 9.64 Å². The molecule has 4 aromatic rings. The van der Waals surface area contributed by atoms with Gasteiger partial charge in [-0.05, 0) is 49.1 Å². The summed E-state index contributed by atoms with van der Waals surface area (Å²) in [6.45, 7) is 5.59. The van der Waals surface area contributed by atoms with E-state index in [4.69, 9.17) is 4.74 Å². The van der Waals surface area contributed by atoms with Crippen LogP contribution in [0.15, 0.2) is 76.9 Å². The summed E-state index contributed by atoms with van der Waals surface area (Å²) in [6, 6.07) is 20.9. The first-order valence-corrected chi connectivity index (χ1v) is 14.0. The minimum atomic E-state index is 0. The van der Waals surface area contributed by atoms with E-state index >= 15 is 0 Å².